The zero-order valence-corrected chi connectivity index (χ0v) is 16.8. The largest absolute Gasteiger partial charge is 0.491 e. The number of hydrogen-bond donors (Lipinski definition) is 1. The van der Waals surface area contributed by atoms with E-state index in [9.17, 15) is 9.59 Å². The van der Waals surface area contributed by atoms with Crippen LogP contribution in [0.25, 0.3) is 0 Å². The molecule has 0 aromatic heterocycles. The summed E-state index contributed by atoms with van der Waals surface area (Å²) in [4.78, 5) is 22.6. The van der Waals surface area contributed by atoms with Gasteiger partial charge in [-0.25, -0.2) is 4.79 Å². The van der Waals surface area contributed by atoms with Crippen molar-refractivity contribution >= 4 is 12.3 Å². The van der Waals surface area contributed by atoms with E-state index in [-0.39, 0.29) is 17.7 Å². The minimum Gasteiger partial charge on any atom is -0.491 e. The Morgan fingerprint density at radius 3 is 1.97 bits per heavy atom. The molecule has 0 heterocycles. The van der Waals surface area contributed by atoms with Crippen molar-refractivity contribution in [1.29, 1.82) is 0 Å². The Hall–Kier alpha value is -2.04. The van der Waals surface area contributed by atoms with Gasteiger partial charge in [-0.05, 0) is 24.6 Å². The Balaban J connectivity index is 2.01. The second kappa shape index (κ2) is 16.9. The molecular formula is C20H30O9. The zero-order valence-electron chi connectivity index (χ0n) is 16.8. The molecule has 0 atom stereocenters. The molecule has 1 N–H and O–H groups in total. The molecule has 0 fully saturated rings. The summed E-state index contributed by atoms with van der Waals surface area (Å²) in [5.74, 6) is -0.141. The van der Waals surface area contributed by atoms with Gasteiger partial charge in [0.05, 0.1) is 58.9 Å². The van der Waals surface area contributed by atoms with E-state index >= 15 is 0 Å². The lowest BCUT2D eigenvalue weighted by Crippen LogP contribution is -2.14. The second-order valence-corrected chi connectivity index (χ2v) is 5.73. The van der Waals surface area contributed by atoms with E-state index in [0.29, 0.717) is 77.9 Å². The first-order valence-electron chi connectivity index (χ1n) is 9.45. The number of carbonyl (C=O) groups excluding carboxylic acids is 2. The molecule has 1 rings (SSSR count). The van der Waals surface area contributed by atoms with Crippen molar-refractivity contribution in [1.82, 2.24) is 0 Å². The molecule has 0 aliphatic rings. The van der Waals surface area contributed by atoms with Crippen LogP contribution in [0.4, 0.5) is 0 Å². The number of methoxy groups -OCH3 is 1. The van der Waals surface area contributed by atoms with Crippen molar-refractivity contribution in [3.8, 4) is 5.75 Å². The summed E-state index contributed by atoms with van der Waals surface area (Å²) >= 11 is 0. The Labute approximate surface area is 170 Å². The molecule has 9 nitrogen and oxygen atoms in total. The molecule has 0 amide bonds. The van der Waals surface area contributed by atoms with Gasteiger partial charge in [-0.2, -0.15) is 0 Å². The fourth-order valence-electron chi connectivity index (χ4n) is 2.16. The molecule has 9 heteroatoms. The number of aliphatic hydroxyl groups excluding tert-OH is 1. The molecular weight excluding hydrogens is 384 g/mol. The first kappa shape index (κ1) is 25.0. The van der Waals surface area contributed by atoms with Crippen LogP contribution in [0.5, 0.6) is 5.75 Å². The predicted octanol–water partition coefficient (Wildman–Crippen LogP) is 1.11. The van der Waals surface area contributed by atoms with Gasteiger partial charge in [-0.3, -0.25) is 4.79 Å². The van der Waals surface area contributed by atoms with E-state index in [1.54, 1.807) is 6.07 Å². The number of aliphatic hydroxyl groups is 1. The van der Waals surface area contributed by atoms with E-state index in [1.807, 2.05) is 0 Å². The lowest BCUT2D eigenvalue weighted by molar-refractivity contribution is -0.00555. The molecule has 0 saturated heterocycles. The molecule has 0 saturated carbocycles. The SMILES string of the molecule is COC(=O)c1cc(OCCOCCOCCOCCOCCCO)ccc1C=O. The van der Waals surface area contributed by atoms with Gasteiger partial charge >= 0.3 is 5.97 Å². The summed E-state index contributed by atoms with van der Waals surface area (Å²) in [5, 5.41) is 8.59. The summed E-state index contributed by atoms with van der Waals surface area (Å²) < 4.78 is 31.5. The average Bonchev–Trinajstić information content (AvgIpc) is 2.75. The molecule has 164 valence electrons. The standard InChI is InChI=1S/C20H30O9/c1-24-20(23)19-15-18(4-3-17(19)16-22)29-14-13-28-12-11-27-10-9-26-8-7-25-6-2-5-21/h3-4,15-16,21H,2,5-14H2,1H3. The van der Waals surface area contributed by atoms with Gasteiger partial charge in [-0.1, -0.05) is 0 Å². The van der Waals surface area contributed by atoms with Crippen molar-refractivity contribution in [2.24, 2.45) is 0 Å². The van der Waals surface area contributed by atoms with Crippen LogP contribution >= 0.6 is 0 Å². The Kier molecular flexibility index (Phi) is 14.5. The molecule has 0 radical (unpaired) electrons. The lowest BCUT2D eigenvalue weighted by atomic mass is 10.1. The Morgan fingerprint density at radius 1 is 0.897 bits per heavy atom. The zero-order chi connectivity index (χ0) is 21.2. The highest BCUT2D eigenvalue weighted by Crippen LogP contribution is 2.17. The molecule has 1 aromatic carbocycles. The third-order valence-corrected chi connectivity index (χ3v) is 3.62. The van der Waals surface area contributed by atoms with Gasteiger partial charge in [0.1, 0.15) is 12.4 Å². The van der Waals surface area contributed by atoms with Gasteiger partial charge in [0.15, 0.2) is 6.29 Å². The summed E-state index contributed by atoms with van der Waals surface area (Å²) in [5.41, 5.74) is 0.407. The number of hydrogen-bond acceptors (Lipinski definition) is 9. The first-order chi connectivity index (χ1) is 14.2. The van der Waals surface area contributed by atoms with Crippen molar-refractivity contribution in [2.45, 2.75) is 6.42 Å². The highest BCUT2D eigenvalue weighted by molar-refractivity contribution is 5.98. The highest BCUT2D eigenvalue weighted by Gasteiger charge is 2.12. The van der Waals surface area contributed by atoms with Gasteiger partial charge < -0.3 is 33.5 Å². The molecule has 0 aliphatic carbocycles. The van der Waals surface area contributed by atoms with Crippen LogP contribution in [0.3, 0.4) is 0 Å². The number of benzene rings is 1. The van der Waals surface area contributed by atoms with Crippen LogP contribution in [0.2, 0.25) is 0 Å². The quantitative estimate of drug-likeness (QED) is 0.215. The van der Waals surface area contributed by atoms with E-state index in [1.165, 1.54) is 19.2 Å². The maximum Gasteiger partial charge on any atom is 0.338 e. The topological polar surface area (TPSA) is 110 Å². The smallest absolute Gasteiger partial charge is 0.338 e. The molecule has 0 aliphatic heterocycles. The van der Waals surface area contributed by atoms with Gasteiger partial charge in [0.2, 0.25) is 0 Å². The van der Waals surface area contributed by atoms with Crippen LogP contribution in [-0.2, 0) is 23.7 Å². The highest BCUT2D eigenvalue weighted by atomic mass is 16.6. The van der Waals surface area contributed by atoms with Crippen LogP contribution in [0, 0.1) is 0 Å². The summed E-state index contributed by atoms with van der Waals surface area (Å²) in [6.07, 6.45) is 1.23. The molecule has 29 heavy (non-hydrogen) atoms. The monoisotopic (exact) mass is 414 g/mol. The fraction of sp³-hybridized carbons (Fsp3) is 0.600. The Bertz CT molecular complexity index is 577. The first-order valence-corrected chi connectivity index (χ1v) is 9.45. The number of esters is 1. The minimum absolute atomic E-state index is 0.133. The molecule has 0 unspecified atom stereocenters. The maximum atomic E-state index is 11.7. The average molecular weight is 414 g/mol. The summed E-state index contributed by atoms with van der Waals surface area (Å²) in [6, 6.07) is 4.58. The van der Waals surface area contributed by atoms with E-state index < -0.39 is 5.97 Å². The van der Waals surface area contributed by atoms with Crippen molar-refractivity contribution < 1.29 is 43.1 Å². The minimum atomic E-state index is -0.593. The summed E-state index contributed by atoms with van der Waals surface area (Å²) in [6.45, 7) is 4.12. The molecule has 0 spiro atoms. The van der Waals surface area contributed by atoms with Crippen molar-refractivity contribution in [3.05, 3.63) is 29.3 Å². The maximum absolute atomic E-state index is 11.7. The molecule has 0 bridgehead atoms. The van der Waals surface area contributed by atoms with Gasteiger partial charge in [0, 0.05) is 18.8 Å². The van der Waals surface area contributed by atoms with E-state index in [2.05, 4.69) is 4.74 Å². The second-order valence-electron chi connectivity index (χ2n) is 5.73. The van der Waals surface area contributed by atoms with Crippen LogP contribution < -0.4 is 4.74 Å². The number of rotatable bonds is 18. The van der Waals surface area contributed by atoms with E-state index in [0.717, 1.165) is 0 Å². The third kappa shape index (κ3) is 11.5. The van der Waals surface area contributed by atoms with Crippen LogP contribution in [-0.4, -0.2) is 90.5 Å². The van der Waals surface area contributed by atoms with E-state index in [4.69, 9.17) is 28.8 Å². The molecule has 1 aromatic rings. The normalized spacial score (nSPS) is 10.7. The van der Waals surface area contributed by atoms with Gasteiger partial charge in [-0.15, -0.1) is 0 Å². The Morgan fingerprint density at radius 2 is 1.45 bits per heavy atom. The van der Waals surface area contributed by atoms with Crippen molar-refractivity contribution in [3.63, 3.8) is 0 Å². The van der Waals surface area contributed by atoms with Crippen molar-refractivity contribution in [2.75, 3.05) is 73.2 Å². The summed E-state index contributed by atoms with van der Waals surface area (Å²) in [7, 11) is 1.25. The number of ether oxygens (including phenoxy) is 6. The lowest BCUT2D eigenvalue weighted by Gasteiger charge is -2.10. The fourth-order valence-corrected chi connectivity index (χ4v) is 2.16. The van der Waals surface area contributed by atoms with Crippen LogP contribution in [0.15, 0.2) is 18.2 Å². The van der Waals surface area contributed by atoms with Gasteiger partial charge in [0.25, 0.3) is 0 Å². The predicted molar refractivity (Wildman–Crippen MR) is 104 cm³/mol. The van der Waals surface area contributed by atoms with Crippen LogP contribution in [0.1, 0.15) is 27.1 Å². The number of aldehydes is 1. The number of carbonyl (C=O) groups is 2. The third-order valence-electron chi connectivity index (χ3n) is 3.62.